The molecule has 5 rings (SSSR count). The lowest BCUT2D eigenvalue weighted by Crippen LogP contribution is -2.49. The Morgan fingerprint density at radius 3 is 2.74 bits per heavy atom. The topological polar surface area (TPSA) is 94.7 Å². The van der Waals surface area contributed by atoms with Gasteiger partial charge in [0.2, 0.25) is 0 Å². The van der Waals surface area contributed by atoms with E-state index in [9.17, 15) is 14.4 Å². The van der Waals surface area contributed by atoms with Gasteiger partial charge in [0.05, 0.1) is 23.1 Å². The lowest BCUT2D eigenvalue weighted by Gasteiger charge is -2.32. The fourth-order valence-electron chi connectivity index (χ4n) is 5.22. The predicted molar refractivity (Wildman–Crippen MR) is 109 cm³/mol. The smallest absolute Gasteiger partial charge is 0.348 e. The highest BCUT2D eigenvalue weighted by atomic mass is 32.1. The lowest BCUT2D eigenvalue weighted by atomic mass is 9.79. The van der Waals surface area contributed by atoms with E-state index in [0.29, 0.717) is 16.9 Å². The summed E-state index contributed by atoms with van der Waals surface area (Å²) in [6.45, 7) is 3.74. The first kappa shape index (κ1) is 20.7. The number of ether oxygens (including phenoxy) is 4. The van der Waals surface area contributed by atoms with E-state index in [2.05, 4.69) is 0 Å². The van der Waals surface area contributed by atoms with Crippen LogP contribution in [0.25, 0.3) is 0 Å². The van der Waals surface area contributed by atoms with Gasteiger partial charge in [-0.1, -0.05) is 13.0 Å². The van der Waals surface area contributed by atoms with Crippen molar-refractivity contribution in [1.82, 2.24) is 4.90 Å². The van der Waals surface area contributed by atoms with Crippen molar-refractivity contribution in [2.75, 3.05) is 14.1 Å². The normalized spacial score (nSPS) is 41.1. The minimum absolute atomic E-state index is 0.274. The van der Waals surface area contributed by atoms with E-state index in [0.717, 1.165) is 0 Å². The molecule has 31 heavy (non-hydrogen) atoms. The third-order valence-corrected chi connectivity index (χ3v) is 7.70. The third kappa shape index (κ3) is 3.30. The molecule has 9 heteroatoms. The maximum Gasteiger partial charge on any atom is 0.348 e. The van der Waals surface area contributed by atoms with Gasteiger partial charge in [-0.25, -0.2) is 9.59 Å². The van der Waals surface area contributed by atoms with Gasteiger partial charge in [0.1, 0.15) is 23.2 Å². The van der Waals surface area contributed by atoms with Crippen LogP contribution in [0.15, 0.2) is 29.2 Å². The third-order valence-electron chi connectivity index (χ3n) is 6.85. The number of nitrogens with zero attached hydrogens (tertiary/aromatic N) is 1. The van der Waals surface area contributed by atoms with Crippen LogP contribution in [0.1, 0.15) is 29.9 Å². The standard InChI is InChI=1S/C22H25NO7S/c1-10-15-12-8-11(20(25)27-12)16(23(3)4)17(29-21(26)14-6-5-7-31-14)18-22(2,30-18)9-13(15)28-19(10)24/h5-8,10,12-13,15-18H,9H2,1-4H3. The molecular weight excluding hydrogens is 422 g/mol. The zero-order valence-corrected chi connectivity index (χ0v) is 18.6. The van der Waals surface area contributed by atoms with Gasteiger partial charge in [-0.15, -0.1) is 11.3 Å². The number of hydrogen-bond donors (Lipinski definition) is 0. The number of esters is 3. The summed E-state index contributed by atoms with van der Waals surface area (Å²) in [7, 11) is 3.66. The number of thiophene rings is 1. The van der Waals surface area contributed by atoms with Gasteiger partial charge >= 0.3 is 17.9 Å². The van der Waals surface area contributed by atoms with Crippen LogP contribution in [0, 0.1) is 11.8 Å². The van der Waals surface area contributed by atoms with E-state index in [1.807, 2.05) is 31.3 Å². The number of fused-ring (bicyclic) bond motifs is 4. The zero-order chi connectivity index (χ0) is 22.1. The van der Waals surface area contributed by atoms with E-state index >= 15 is 0 Å². The van der Waals surface area contributed by atoms with Gasteiger partial charge in [0, 0.05) is 12.3 Å². The predicted octanol–water partition coefficient (Wildman–Crippen LogP) is 1.79. The van der Waals surface area contributed by atoms with E-state index in [1.54, 1.807) is 25.1 Å². The van der Waals surface area contributed by atoms with Gasteiger partial charge in [-0.3, -0.25) is 9.69 Å². The molecule has 0 radical (unpaired) electrons. The molecule has 0 N–H and O–H groups in total. The summed E-state index contributed by atoms with van der Waals surface area (Å²) < 4.78 is 23.4. The minimum Gasteiger partial charge on any atom is -0.462 e. The molecule has 8 atom stereocenters. The maximum atomic E-state index is 12.9. The average molecular weight is 448 g/mol. The summed E-state index contributed by atoms with van der Waals surface area (Å²) in [5.74, 6) is -1.87. The van der Waals surface area contributed by atoms with Crippen molar-refractivity contribution in [2.24, 2.45) is 11.8 Å². The Balaban J connectivity index is 1.56. The van der Waals surface area contributed by atoms with Crippen LogP contribution in [0.4, 0.5) is 0 Å². The van der Waals surface area contributed by atoms with Gasteiger partial charge in [0.25, 0.3) is 0 Å². The minimum atomic E-state index is -0.724. The summed E-state index contributed by atoms with van der Waals surface area (Å²) in [6.07, 6.45) is 0.0609. The molecule has 2 bridgehead atoms. The SMILES string of the molecule is CC1C(=O)OC2CC3(C)OC3C(OC(=O)c3cccs3)C(N(C)C)C3=CC(OC3=O)C21. The zero-order valence-electron chi connectivity index (χ0n) is 17.8. The highest BCUT2D eigenvalue weighted by Gasteiger charge is 2.65. The highest BCUT2D eigenvalue weighted by Crippen LogP contribution is 2.51. The molecule has 4 aliphatic rings. The quantitative estimate of drug-likeness (QED) is 0.393. The number of hydrogen-bond acceptors (Lipinski definition) is 9. The Hall–Kier alpha value is -2.23. The van der Waals surface area contributed by atoms with Crippen LogP contribution in [0.3, 0.4) is 0 Å². The molecule has 2 fully saturated rings. The van der Waals surface area contributed by atoms with E-state index in [1.165, 1.54) is 11.3 Å². The molecule has 8 nitrogen and oxygen atoms in total. The van der Waals surface area contributed by atoms with Crippen LogP contribution in [0.5, 0.6) is 0 Å². The molecular formula is C22H25NO7S. The van der Waals surface area contributed by atoms with Crippen molar-refractivity contribution >= 4 is 29.2 Å². The van der Waals surface area contributed by atoms with Crippen molar-refractivity contribution in [3.63, 3.8) is 0 Å². The van der Waals surface area contributed by atoms with Crippen molar-refractivity contribution < 1.29 is 33.3 Å². The molecule has 8 unspecified atom stereocenters. The Morgan fingerprint density at radius 1 is 1.29 bits per heavy atom. The molecule has 1 aromatic rings. The summed E-state index contributed by atoms with van der Waals surface area (Å²) in [5.41, 5.74) is -0.216. The van der Waals surface area contributed by atoms with E-state index < -0.39 is 48.0 Å². The van der Waals surface area contributed by atoms with Crippen LogP contribution < -0.4 is 0 Å². The second-order valence-corrected chi connectivity index (χ2v) is 10.1. The molecule has 2 saturated heterocycles. The monoisotopic (exact) mass is 447 g/mol. The second kappa shape index (κ2) is 7.15. The first-order valence-corrected chi connectivity index (χ1v) is 11.3. The van der Waals surface area contributed by atoms with Crippen LogP contribution in [-0.4, -0.2) is 73.0 Å². The molecule has 1 aromatic heterocycles. The number of rotatable bonds is 3. The first-order valence-electron chi connectivity index (χ1n) is 10.4. The fourth-order valence-corrected chi connectivity index (χ4v) is 5.82. The first-order chi connectivity index (χ1) is 14.7. The van der Waals surface area contributed by atoms with Gasteiger partial charge < -0.3 is 18.9 Å². The summed E-state index contributed by atoms with van der Waals surface area (Å²) in [4.78, 5) is 40.4. The Kier molecular flexibility index (Phi) is 4.76. The largest absolute Gasteiger partial charge is 0.462 e. The number of likely N-dealkylation sites (N-methyl/N-ethyl adjacent to an activating group) is 1. The van der Waals surface area contributed by atoms with Gasteiger partial charge in [-0.2, -0.15) is 0 Å². The van der Waals surface area contributed by atoms with Crippen molar-refractivity contribution in [2.45, 2.75) is 56.3 Å². The average Bonchev–Trinajstić information content (AvgIpc) is 3.08. The molecule has 0 aromatic carbocycles. The Bertz CT molecular complexity index is 957. The summed E-state index contributed by atoms with van der Waals surface area (Å²) in [6, 6.07) is 2.94. The van der Waals surface area contributed by atoms with E-state index in [-0.39, 0.29) is 17.8 Å². The summed E-state index contributed by atoms with van der Waals surface area (Å²) >= 11 is 1.30. The van der Waals surface area contributed by atoms with Gasteiger partial charge in [-0.05, 0) is 38.5 Å². The molecule has 3 aliphatic heterocycles. The lowest BCUT2D eigenvalue weighted by molar-refractivity contribution is -0.144. The molecule has 166 valence electrons. The van der Waals surface area contributed by atoms with Crippen molar-refractivity contribution in [1.29, 1.82) is 0 Å². The van der Waals surface area contributed by atoms with Crippen LogP contribution in [-0.2, 0) is 28.5 Å². The van der Waals surface area contributed by atoms with Crippen molar-refractivity contribution in [3.05, 3.63) is 34.0 Å². The number of carbonyl (C=O) groups excluding carboxylic acids is 3. The molecule has 0 amide bonds. The van der Waals surface area contributed by atoms with Gasteiger partial charge in [0.15, 0.2) is 6.10 Å². The van der Waals surface area contributed by atoms with Crippen LogP contribution >= 0.6 is 11.3 Å². The molecule has 4 heterocycles. The molecule has 0 saturated carbocycles. The summed E-state index contributed by atoms with van der Waals surface area (Å²) in [5, 5.41) is 1.81. The molecule has 1 aliphatic carbocycles. The van der Waals surface area contributed by atoms with Crippen LogP contribution in [0.2, 0.25) is 0 Å². The highest BCUT2D eigenvalue weighted by molar-refractivity contribution is 7.11. The van der Waals surface area contributed by atoms with Crippen molar-refractivity contribution in [3.8, 4) is 0 Å². The molecule has 0 spiro atoms. The Morgan fingerprint density at radius 2 is 2.06 bits per heavy atom. The fraction of sp³-hybridized carbons (Fsp3) is 0.591. The second-order valence-electron chi connectivity index (χ2n) is 9.14. The number of epoxide rings is 1. The Labute approximate surface area is 184 Å². The maximum absolute atomic E-state index is 12.9. The number of carbonyl (C=O) groups is 3. The van der Waals surface area contributed by atoms with E-state index in [4.69, 9.17) is 18.9 Å².